The molecule has 0 atom stereocenters. The maximum Gasteiger partial charge on any atom is 0.357 e. The molecule has 0 fully saturated rings. The SMILES string of the molecule is COC(=O)c1c(N)c(C#N)cn1-c1ccc2c(c1)C=CC(C)(C)O2. The molecule has 0 saturated carbocycles. The Balaban J connectivity index is 2.14. The van der Waals surface area contributed by atoms with Crippen molar-refractivity contribution in [3.05, 3.63) is 47.3 Å². The Bertz CT molecular complexity index is 901. The number of hydrogen-bond donors (Lipinski definition) is 1. The van der Waals surface area contributed by atoms with Crippen LogP contribution in [0.5, 0.6) is 5.75 Å². The van der Waals surface area contributed by atoms with Crippen LogP contribution in [0.4, 0.5) is 5.69 Å². The lowest BCUT2D eigenvalue weighted by Crippen LogP contribution is -2.27. The number of nitriles is 1. The molecule has 1 aliphatic heterocycles. The Morgan fingerprint density at radius 2 is 2.17 bits per heavy atom. The number of benzene rings is 1. The summed E-state index contributed by atoms with van der Waals surface area (Å²) in [4.78, 5) is 12.1. The number of nitrogens with two attached hydrogens (primary N) is 1. The van der Waals surface area contributed by atoms with Crippen LogP contribution >= 0.6 is 0 Å². The molecule has 6 heteroatoms. The molecule has 0 radical (unpaired) electrons. The van der Waals surface area contributed by atoms with E-state index in [4.69, 9.17) is 15.2 Å². The first-order valence-electron chi connectivity index (χ1n) is 7.38. The fraction of sp³-hybridized carbons (Fsp3) is 0.222. The van der Waals surface area contributed by atoms with Gasteiger partial charge < -0.3 is 19.8 Å². The van der Waals surface area contributed by atoms with Crippen LogP contribution in [0.25, 0.3) is 11.8 Å². The molecule has 0 amide bonds. The van der Waals surface area contributed by atoms with Crippen molar-refractivity contribution in [2.24, 2.45) is 0 Å². The fourth-order valence-electron chi connectivity index (χ4n) is 2.64. The molecule has 24 heavy (non-hydrogen) atoms. The minimum atomic E-state index is -0.598. The molecule has 0 aliphatic carbocycles. The maximum atomic E-state index is 12.1. The van der Waals surface area contributed by atoms with Crippen LogP contribution in [-0.2, 0) is 4.74 Å². The Labute approximate surface area is 139 Å². The number of esters is 1. The molecular formula is C18H17N3O3. The number of nitrogen functional groups attached to an aromatic ring is 1. The van der Waals surface area contributed by atoms with Crippen LogP contribution in [0.15, 0.2) is 30.5 Å². The molecule has 2 heterocycles. The van der Waals surface area contributed by atoms with Crippen LogP contribution in [0.2, 0.25) is 0 Å². The molecule has 1 aromatic carbocycles. The van der Waals surface area contributed by atoms with Crippen molar-refractivity contribution in [3.63, 3.8) is 0 Å². The van der Waals surface area contributed by atoms with E-state index in [0.29, 0.717) is 5.69 Å². The molecule has 1 aliphatic rings. The van der Waals surface area contributed by atoms with E-state index in [9.17, 15) is 10.1 Å². The minimum absolute atomic E-state index is 0.106. The molecule has 0 saturated heterocycles. The predicted molar refractivity (Wildman–Crippen MR) is 90.0 cm³/mol. The lowest BCUT2D eigenvalue weighted by Gasteiger charge is -2.28. The van der Waals surface area contributed by atoms with Gasteiger partial charge in [0.25, 0.3) is 0 Å². The van der Waals surface area contributed by atoms with Crippen molar-refractivity contribution in [2.45, 2.75) is 19.4 Å². The summed E-state index contributed by atoms with van der Waals surface area (Å²) < 4.78 is 12.2. The van der Waals surface area contributed by atoms with E-state index < -0.39 is 5.97 Å². The second-order valence-corrected chi connectivity index (χ2v) is 6.04. The molecule has 2 aromatic rings. The van der Waals surface area contributed by atoms with Crippen LogP contribution in [0.3, 0.4) is 0 Å². The number of ether oxygens (including phenoxy) is 2. The van der Waals surface area contributed by atoms with E-state index in [2.05, 4.69) is 0 Å². The van der Waals surface area contributed by atoms with Crippen LogP contribution in [0, 0.1) is 11.3 Å². The highest BCUT2D eigenvalue weighted by molar-refractivity contribution is 5.96. The van der Waals surface area contributed by atoms with Gasteiger partial charge in [0.1, 0.15) is 17.4 Å². The fourth-order valence-corrected chi connectivity index (χ4v) is 2.64. The number of hydrogen-bond acceptors (Lipinski definition) is 5. The highest BCUT2D eigenvalue weighted by atomic mass is 16.5. The van der Waals surface area contributed by atoms with Gasteiger partial charge in [-0.3, -0.25) is 0 Å². The highest BCUT2D eigenvalue weighted by Crippen LogP contribution is 2.33. The smallest absolute Gasteiger partial charge is 0.357 e. The summed E-state index contributed by atoms with van der Waals surface area (Å²) in [6.07, 6.45) is 5.46. The van der Waals surface area contributed by atoms with Gasteiger partial charge in [0.2, 0.25) is 0 Å². The van der Waals surface area contributed by atoms with Gasteiger partial charge >= 0.3 is 5.97 Å². The zero-order valence-corrected chi connectivity index (χ0v) is 13.7. The van der Waals surface area contributed by atoms with E-state index in [1.54, 1.807) is 10.6 Å². The van der Waals surface area contributed by atoms with Gasteiger partial charge in [-0.25, -0.2) is 4.79 Å². The number of methoxy groups -OCH3 is 1. The third-order valence-electron chi connectivity index (χ3n) is 3.85. The van der Waals surface area contributed by atoms with E-state index >= 15 is 0 Å². The molecule has 0 unspecified atom stereocenters. The normalized spacial score (nSPS) is 14.4. The first-order valence-corrected chi connectivity index (χ1v) is 7.38. The summed E-state index contributed by atoms with van der Waals surface area (Å²) in [5.41, 5.74) is 7.59. The van der Waals surface area contributed by atoms with Gasteiger partial charge in [0.05, 0.1) is 18.4 Å². The number of carbonyl (C=O) groups is 1. The zero-order valence-electron chi connectivity index (χ0n) is 13.7. The maximum absolute atomic E-state index is 12.1. The summed E-state index contributed by atoms with van der Waals surface area (Å²) in [7, 11) is 1.27. The van der Waals surface area contributed by atoms with Gasteiger partial charge in [-0.15, -0.1) is 0 Å². The van der Waals surface area contributed by atoms with Gasteiger partial charge in [-0.05, 0) is 38.1 Å². The van der Waals surface area contributed by atoms with Crippen LogP contribution < -0.4 is 10.5 Å². The van der Waals surface area contributed by atoms with E-state index in [1.807, 2.05) is 44.2 Å². The van der Waals surface area contributed by atoms with Crippen molar-refractivity contribution >= 4 is 17.7 Å². The van der Waals surface area contributed by atoms with E-state index in [-0.39, 0.29) is 22.5 Å². The Kier molecular flexibility index (Phi) is 3.57. The third-order valence-corrected chi connectivity index (χ3v) is 3.85. The summed E-state index contributed by atoms with van der Waals surface area (Å²) in [5, 5.41) is 9.18. The predicted octanol–water partition coefficient (Wildman–Crippen LogP) is 2.90. The van der Waals surface area contributed by atoms with Gasteiger partial charge in [0.15, 0.2) is 5.69 Å². The molecule has 1 aromatic heterocycles. The molecule has 122 valence electrons. The second kappa shape index (κ2) is 5.46. The molecule has 0 spiro atoms. The molecule has 6 nitrogen and oxygen atoms in total. The summed E-state index contributed by atoms with van der Waals surface area (Å²) >= 11 is 0. The lowest BCUT2D eigenvalue weighted by molar-refractivity contribution is 0.0593. The topological polar surface area (TPSA) is 90.3 Å². The number of nitrogens with zero attached hydrogens (tertiary/aromatic N) is 2. The first-order chi connectivity index (χ1) is 11.4. The molecule has 2 N–H and O–H groups in total. The Hall–Kier alpha value is -3.20. The minimum Gasteiger partial charge on any atom is -0.483 e. The van der Waals surface area contributed by atoms with Gasteiger partial charge in [0, 0.05) is 17.4 Å². The van der Waals surface area contributed by atoms with Crippen molar-refractivity contribution in [2.75, 3.05) is 12.8 Å². The summed E-state index contributed by atoms with van der Waals surface area (Å²) in [5.74, 6) is 0.158. The molecular weight excluding hydrogens is 306 g/mol. The number of fused-ring (bicyclic) bond motifs is 1. The summed E-state index contributed by atoms with van der Waals surface area (Å²) in [6.45, 7) is 3.95. The van der Waals surface area contributed by atoms with Gasteiger partial charge in [-0.1, -0.05) is 6.08 Å². The Morgan fingerprint density at radius 1 is 1.42 bits per heavy atom. The quantitative estimate of drug-likeness (QED) is 0.858. The van der Waals surface area contributed by atoms with Gasteiger partial charge in [-0.2, -0.15) is 5.26 Å². The van der Waals surface area contributed by atoms with Crippen molar-refractivity contribution in [1.82, 2.24) is 4.57 Å². The van der Waals surface area contributed by atoms with Crippen LogP contribution in [-0.4, -0.2) is 23.2 Å². The number of rotatable bonds is 2. The number of carbonyl (C=O) groups excluding carboxylic acids is 1. The average Bonchev–Trinajstić information content (AvgIpc) is 2.89. The summed E-state index contributed by atoms with van der Waals surface area (Å²) in [6, 6.07) is 7.49. The second-order valence-electron chi connectivity index (χ2n) is 6.04. The van der Waals surface area contributed by atoms with Crippen LogP contribution in [0.1, 0.15) is 35.5 Å². The largest absolute Gasteiger partial charge is 0.483 e. The molecule has 3 rings (SSSR count). The molecule has 0 bridgehead atoms. The van der Waals surface area contributed by atoms with Crippen molar-refractivity contribution < 1.29 is 14.3 Å². The van der Waals surface area contributed by atoms with E-state index in [1.165, 1.54) is 13.3 Å². The number of aromatic nitrogens is 1. The zero-order chi connectivity index (χ0) is 17.5. The highest BCUT2D eigenvalue weighted by Gasteiger charge is 2.24. The standard InChI is InChI=1S/C18H17N3O3/c1-18(2)7-6-11-8-13(4-5-14(11)24-18)21-10-12(9-19)15(20)16(21)17(22)23-3/h4-8,10H,20H2,1-3H3. The lowest BCUT2D eigenvalue weighted by atomic mass is 10.0. The number of anilines is 1. The van der Waals surface area contributed by atoms with E-state index in [0.717, 1.165) is 11.3 Å². The van der Waals surface area contributed by atoms with Crippen molar-refractivity contribution in [1.29, 1.82) is 5.26 Å². The van der Waals surface area contributed by atoms with Crippen molar-refractivity contribution in [3.8, 4) is 17.5 Å². The Morgan fingerprint density at radius 3 is 2.83 bits per heavy atom. The monoisotopic (exact) mass is 323 g/mol. The average molecular weight is 323 g/mol. The first kappa shape index (κ1) is 15.7. The third kappa shape index (κ3) is 2.50.